The molecule has 0 spiro atoms. The molecule has 5 unspecified atom stereocenters. The molecule has 0 radical (unpaired) electrons. The highest BCUT2D eigenvalue weighted by atomic mass is 32.2. The van der Waals surface area contributed by atoms with Crippen molar-refractivity contribution in [1.82, 2.24) is 5.32 Å². The second-order valence-corrected chi connectivity index (χ2v) is 7.77. The van der Waals surface area contributed by atoms with Gasteiger partial charge in [-0.25, -0.2) is 0 Å². The van der Waals surface area contributed by atoms with Crippen molar-refractivity contribution >= 4 is 17.7 Å². The van der Waals surface area contributed by atoms with E-state index in [1.54, 1.807) is 0 Å². The van der Waals surface area contributed by atoms with Gasteiger partial charge in [-0.05, 0) is 33.6 Å². The number of thioether (sulfide) groups is 1. The number of aliphatic hydroxyl groups is 3. The van der Waals surface area contributed by atoms with Gasteiger partial charge in [-0.1, -0.05) is 23.3 Å². The molecule has 1 heterocycles. The molecule has 4 N–H and O–H groups in total. The smallest absolute Gasteiger partial charge is 0.217 e. The third-order valence-corrected chi connectivity index (χ3v) is 5.13. The van der Waals surface area contributed by atoms with E-state index in [0.717, 1.165) is 12.8 Å². The Bertz CT molecular complexity index is 490. The van der Waals surface area contributed by atoms with E-state index >= 15 is 0 Å². The zero-order valence-corrected chi connectivity index (χ0v) is 16.3. The van der Waals surface area contributed by atoms with Gasteiger partial charge in [0.1, 0.15) is 23.7 Å². The van der Waals surface area contributed by atoms with Gasteiger partial charge in [0.25, 0.3) is 0 Å². The third-order valence-electron chi connectivity index (χ3n) is 4.03. The lowest BCUT2D eigenvalue weighted by Crippen LogP contribution is -2.63. The fourth-order valence-electron chi connectivity index (χ4n) is 2.59. The van der Waals surface area contributed by atoms with Gasteiger partial charge in [0.2, 0.25) is 5.91 Å². The second kappa shape index (κ2) is 11.0. The number of allylic oxidation sites excluding steroid dienone is 3. The Labute approximate surface area is 154 Å². The molecule has 25 heavy (non-hydrogen) atoms. The van der Waals surface area contributed by atoms with E-state index < -0.39 is 29.8 Å². The monoisotopic (exact) mass is 373 g/mol. The Morgan fingerprint density at radius 3 is 2.40 bits per heavy atom. The minimum Gasteiger partial charge on any atom is -0.394 e. The molecule has 1 aliphatic heterocycles. The molecule has 1 rings (SSSR count). The van der Waals surface area contributed by atoms with E-state index in [2.05, 4.69) is 38.2 Å². The van der Waals surface area contributed by atoms with Gasteiger partial charge >= 0.3 is 0 Å². The van der Waals surface area contributed by atoms with Gasteiger partial charge in [-0.2, -0.15) is 0 Å². The van der Waals surface area contributed by atoms with Crippen LogP contribution in [0.1, 0.15) is 40.5 Å². The van der Waals surface area contributed by atoms with E-state index in [4.69, 9.17) is 4.74 Å². The summed E-state index contributed by atoms with van der Waals surface area (Å²) in [6.07, 6.45) is 3.00. The molecule has 0 aromatic carbocycles. The van der Waals surface area contributed by atoms with Gasteiger partial charge in [-0.3, -0.25) is 4.79 Å². The van der Waals surface area contributed by atoms with E-state index in [0.29, 0.717) is 5.75 Å². The van der Waals surface area contributed by atoms with E-state index in [9.17, 15) is 20.1 Å². The maximum absolute atomic E-state index is 11.4. The first-order valence-electron chi connectivity index (χ1n) is 8.56. The Morgan fingerprint density at radius 1 is 1.16 bits per heavy atom. The SMILES string of the molecule is CC(=O)NC1C(SC/C=C(\C)CCC=C(C)C)OC(CO)C(O)C1O. The van der Waals surface area contributed by atoms with Crippen molar-refractivity contribution in [3.8, 4) is 0 Å². The summed E-state index contributed by atoms with van der Waals surface area (Å²) in [6.45, 7) is 7.19. The summed E-state index contributed by atoms with van der Waals surface area (Å²) in [5, 5.41) is 32.2. The summed E-state index contributed by atoms with van der Waals surface area (Å²) in [4.78, 5) is 11.4. The minimum absolute atomic E-state index is 0.304. The van der Waals surface area contributed by atoms with Crippen LogP contribution in [0.15, 0.2) is 23.3 Å². The maximum atomic E-state index is 11.4. The van der Waals surface area contributed by atoms with Crippen LogP contribution in [0, 0.1) is 0 Å². The summed E-state index contributed by atoms with van der Waals surface area (Å²) in [5.41, 5.74) is 2.02. The number of nitrogens with one attached hydrogen (secondary N) is 1. The molecule has 0 aromatic heterocycles. The quantitative estimate of drug-likeness (QED) is 0.480. The Morgan fingerprint density at radius 2 is 1.84 bits per heavy atom. The van der Waals surface area contributed by atoms with Crippen molar-refractivity contribution in [3.05, 3.63) is 23.3 Å². The first-order valence-corrected chi connectivity index (χ1v) is 9.61. The second-order valence-electron chi connectivity index (χ2n) is 6.64. The van der Waals surface area contributed by atoms with Crippen molar-refractivity contribution in [3.63, 3.8) is 0 Å². The van der Waals surface area contributed by atoms with Gasteiger partial charge in [0.05, 0.1) is 12.6 Å². The molecular weight excluding hydrogens is 342 g/mol. The first-order chi connectivity index (χ1) is 11.8. The van der Waals surface area contributed by atoms with E-state index in [1.165, 1.54) is 29.8 Å². The normalized spacial score (nSPS) is 30.0. The van der Waals surface area contributed by atoms with Crippen molar-refractivity contribution in [2.45, 2.75) is 70.3 Å². The van der Waals surface area contributed by atoms with E-state index in [1.807, 2.05) is 0 Å². The Hall–Kier alpha value is -0.860. The summed E-state index contributed by atoms with van der Waals surface area (Å²) < 4.78 is 5.68. The molecule has 7 heteroatoms. The third kappa shape index (κ3) is 7.50. The lowest BCUT2D eigenvalue weighted by molar-refractivity contribution is -0.173. The van der Waals surface area contributed by atoms with Crippen LogP contribution in [0.2, 0.25) is 0 Å². The van der Waals surface area contributed by atoms with E-state index in [-0.39, 0.29) is 12.5 Å². The van der Waals surface area contributed by atoms with Crippen LogP contribution in [0.4, 0.5) is 0 Å². The fourth-order valence-corrected chi connectivity index (χ4v) is 3.82. The number of aliphatic hydroxyl groups excluding tert-OH is 3. The van der Waals surface area contributed by atoms with Crippen LogP contribution in [0.25, 0.3) is 0 Å². The van der Waals surface area contributed by atoms with Crippen LogP contribution >= 0.6 is 11.8 Å². The molecule has 0 bridgehead atoms. The van der Waals surface area contributed by atoms with Crippen LogP contribution < -0.4 is 5.32 Å². The number of amides is 1. The number of rotatable bonds is 8. The molecule has 144 valence electrons. The van der Waals surface area contributed by atoms with Crippen molar-refractivity contribution in [2.24, 2.45) is 0 Å². The zero-order chi connectivity index (χ0) is 19.0. The number of hydrogen-bond donors (Lipinski definition) is 4. The molecule has 0 aliphatic carbocycles. The highest BCUT2D eigenvalue weighted by Gasteiger charge is 2.44. The summed E-state index contributed by atoms with van der Waals surface area (Å²) >= 11 is 1.43. The van der Waals surface area contributed by atoms with Gasteiger partial charge in [0, 0.05) is 12.7 Å². The van der Waals surface area contributed by atoms with Crippen molar-refractivity contribution in [1.29, 1.82) is 0 Å². The first kappa shape index (κ1) is 22.2. The highest BCUT2D eigenvalue weighted by molar-refractivity contribution is 7.99. The summed E-state index contributed by atoms with van der Waals surface area (Å²) in [7, 11) is 0. The lowest BCUT2D eigenvalue weighted by atomic mass is 9.98. The molecule has 6 nitrogen and oxygen atoms in total. The number of carbonyl (C=O) groups is 1. The predicted molar refractivity (Wildman–Crippen MR) is 100 cm³/mol. The highest BCUT2D eigenvalue weighted by Crippen LogP contribution is 2.29. The molecule has 1 amide bonds. The number of hydrogen-bond acceptors (Lipinski definition) is 6. The summed E-state index contributed by atoms with van der Waals surface area (Å²) in [5.74, 6) is 0.351. The van der Waals surface area contributed by atoms with Crippen molar-refractivity contribution in [2.75, 3.05) is 12.4 Å². The van der Waals surface area contributed by atoms with Crippen molar-refractivity contribution < 1.29 is 24.9 Å². The standard InChI is InChI=1S/C18H31NO5S/c1-11(2)6-5-7-12(3)8-9-25-18-15(19-13(4)21)17(23)16(22)14(10-20)24-18/h6,8,14-18,20,22-23H,5,7,9-10H2,1-4H3,(H,19,21)/b12-8+. The number of carbonyl (C=O) groups excluding carboxylic acids is 1. The van der Waals surface area contributed by atoms with Gasteiger partial charge in [0.15, 0.2) is 0 Å². The predicted octanol–water partition coefficient (Wildman–Crippen LogP) is 1.36. The topological polar surface area (TPSA) is 99.0 Å². The molecule has 5 atom stereocenters. The van der Waals surface area contributed by atoms with Crippen LogP contribution in [0.5, 0.6) is 0 Å². The van der Waals surface area contributed by atoms with Crippen LogP contribution in [0.3, 0.4) is 0 Å². The molecule has 1 fully saturated rings. The number of ether oxygens (including phenoxy) is 1. The average Bonchev–Trinajstić information content (AvgIpc) is 2.53. The lowest BCUT2D eigenvalue weighted by Gasteiger charge is -2.42. The Balaban J connectivity index is 2.65. The van der Waals surface area contributed by atoms with Crippen LogP contribution in [-0.2, 0) is 9.53 Å². The minimum atomic E-state index is -1.24. The van der Waals surface area contributed by atoms with Crippen LogP contribution in [-0.4, -0.2) is 63.4 Å². The van der Waals surface area contributed by atoms with Gasteiger partial charge in [-0.15, -0.1) is 11.8 Å². The average molecular weight is 374 g/mol. The molecule has 1 aliphatic rings. The molecule has 0 aromatic rings. The summed E-state index contributed by atoms with van der Waals surface area (Å²) in [6, 6.07) is -0.723. The molecular formula is C18H31NO5S. The Kier molecular flexibility index (Phi) is 9.74. The molecule has 0 saturated carbocycles. The van der Waals surface area contributed by atoms with Gasteiger partial charge < -0.3 is 25.4 Å². The largest absolute Gasteiger partial charge is 0.394 e. The maximum Gasteiger partial charge on any atom is 0.217 e. The fraction of sp³-hybridized carbons (Fsp3) is 0.722. The molecule has 1 saturated heterocycles. The zero-order valence-electron chi connectivity index (χ0n) is 15.4.